The number of fused-ring (bicyclic) bond motifs is 2. The molecule has 0 spiro atoms. The van der Waals surface area contributed by atoms with E-state index in [1.54, 1.807) is 36.9 Å². The van der Waals surface area contributed by atoms with Crippen LogP contribution in [-0.4, -0.2) is 32.4 Å². The predicted molar refractivity (Wildman–Crippen MR) is 130 cm³/mol. The molecule has 4 aromatic rings. The Kier molecular flexibility index (Phi) is 6.27. The maximum absolute atomic E-state index is 12.3. The molecule has 0 bridgehead atoms. The summed E-state index contributed by atoms with van der Waals surface area (Å²) in [5, 5.41) is 10.1. The van der Waals surface area contributed by atoms with Crippen molar-refractivity contribution in [1.29, 1.82) is 0 Å². The van der Waals surface area contributed by atoms with Gasteiger partial charge in [0.05, 0.1) is 17.2 Å². The van der Waals surface area contributed by atoms with Gasteiger partial charge in [-0.25, -0.2) is 9.78 Å². The van der Waals surface area contributed by atoms with Crippen molar-refractivity contribution in [2.45, 2.75) is 45.6 Å². The summed E-state index contributed by atoms with van der Waals surface area (Å²) in [6.07, 6.45) is 7.41. The molecule has 1 aliphatic rings. The number of carboxylic acid groups (broad SMARTS) is 1. The Morgan fingerprint density at radius 1 is 1.09 bits per heavy atom. The number of carbonyl (C=O) groups is 1. The smallest absolute Gasteiger partial charge is 0.349 e. The lowest BCUT2D eigenvalue weighted by molar-refractivity contribution is -0.145. The molecule has 0 amide bonds. The van der Waals surface area contributed by atoms with Crippen molar-refractivity contribution < 1.29 is 24.1 Å². The highest BCUT2D eigenvalue weighted by Crippen LogP contribution is 2.38. The fourth-order valence-electron chi connectivity index (χ4n) is 4.45. The van der Waals surface area contributed by atoms with Crippen LogP contribution in [0.25, 0.3) is 16.7 Å². The molecule has 0 aliphatic carbocycles. The first-order valence-corrected chi connectivity index (χ1v) is 11.8. The SMILES string of the molecule is CCCc1cc(-n2cnc3ccncc32)cc(CCC)c1O[C@@H](C(=O)O)c1ccc2c(c1)OCO2. The molecular weight excluding hydrogens is 446 g/mol. The number of aliphatic carboxylic acids is 1. The number of hydrogen-bond donors (Lipinski definition) is 1. The van der Waals surface area contributed by atoms with Crippen LogP contribution in [0.4, 0.5) is 0 Å². The van der Waals surface area contributed by atoms with Gasteiger partial charge in [0.25, 0.3) is 0 Å². The minimum absolute atomic E-state index is 0.124. The highest BCUT2D eigenvalue weighted by molar-refractivity contribution is 5.77. The standard InChI is InChI=1S/C27H27N3O5/c1-3-5-17-11-20(30-15-29-21-9-10-28-14-22(21)30)12-18(6-4-2)25(17)35-26(27(31)32)19-7-8-23-24(13-19)34-16-33-23/h7-15,26H,3-6,16H2,1-2H3,(H,31,32)/t26-/m1/s1. The highest BCUT2D eigenvalue weighted by Gasteiger charge is 2.27. The molecule has 2 aromatic heterocycles. The third kappa shape index (κ3) is 4.39. The molecule has 5 rings (SSSR count). The molecule has 0 saturated heterocycles. The third-order valence-electron chi connectivity index (χ3n) is 6.05. The zero-order valence-electron chi connectivity index (χ0n) is 19.7. The summed E-state index contributed by atoms with van der Waals surface area (Å²) >= 11 is 0. The van der Waals surface area contributed by atoms with Crippen LogP contribution in [0.3, 0.4) is 0 Å². The summed E-state index contributed by atoms with van der Waals surface area (Å²) in [6, 6.07) is 11.1. The topological polar surface area (TPSA) is 95.7 Å². The van der Waals surface area contributed by atoms with Crippen LogP contribution < -0.4 is 14.2 Å². The van der Waals surface area contributed by atoms with Crippen LogP contribution in [0.15, 0.2) is 55.1 Å². The zero-order valence-corrected chi connectivity index (χ0v) is 19.7. The van der Waals surface area contributed by atoms with Crippen LogP contribution in [0.2, 0.25) is 0 Å². The monoisotopic (exact) mass is 473 g/mol. The molecule has 3 heterocycles. The van der Waals surface area contributed by atoms with E-state index in [1.807, 2.05) is 10.6 Å². The molecule has 8 heteroatoms. The molecule has 1 aliphatic heterocycles. The van der Waals surface area contributed by atoms with E-state index in [4.69, 9.17) is 14.2 Å². The first-order chi connectivity index (χ1) is 17.1. The van der Waals surface area contributed by atoms with E-state index in [0.717, 1.165) is 53.5 Å². The predicted octanol–water partition coefficient (Wildman–Crippen LogP) is 5.26. The van der Waals surface area contributed by atoms with Crippen molar-refractivity contribution >= 4 is 17.0 Å². The Balaban J connectivity index is 1.59. The quantitative estimate of drug-likeness (QED) is 0.354. The van der Waals surface area contributed by atoms with Gasteiger partial charge in [-0.3, -0.25) is 9.55 Å². The van der Waals surface area contributed by atoms with E-state index in [2.05, 4.69) is 35.9 Å². The molecule has 1 N–H and O–H groups in total. The largest absolute Gasteiger partial charge is 0.478 e. The van der Waals surface area contributed by atoms with Gasteiger partial charge in [0, 0.05) is 17.4 Å². The van der Waals surface area contributed by atoms with Crippen LogP contribution >= 0.6 is 0 Å². The zero-order chi connectivity index (χ0) is 24.4. The number of nitrogens with zero attached hydrogens (tertiary/aromatic N) is 3. The highest BCUT2D eigenvalue weighted by atomic mass is 16.7. The third-order valence-corrected chi connectivity index (χ3v) is 6.05. The number of benzene rings is 2. The Morgan fingerprint density at radius 2 is 1.83 bits per heavy atom. The lowest BCUT2D eigenvalue weighted by atomic mass is 9.99. The Hall–Kier alpha value is -4.07. The molecule has 1 atom stereocenters. The molecule has 0 radical (unpaired) electrons. The number of aromatic nitrogens is 3. The Labute approximate surface area is 203 Å². The van der Waals surface area contributed by atoms with Gasteiger partial charge >= 0.3 is 5.97 Å². The minimum atomic E-state index is -1.18. The number of ether oxygens (including phenoxy) is 3. The van der Waals surface area contributed by atoms with Crippen molar-refractivity contribution in [3.63, 3.8) is 0 Å². The molecule has 2 aromatic carbocycles. The first-order valence-electron chi connectivity index (χ1n) is 11.8. The maximum Gasteiger partial charge on any atom is 0.349 e. The van der Waals surface area contributed by atoms with E-state index in [1.165, 1.54) is 0 Å². The summed E-state index contributed by atoms with van der Waals surface area (Å²) in [7, 11) is 0. The Morgan fingerprint density at radius 3 is 2.54 bits per heavy atom. The summed E-state index contributed by atoms with van der Waals surface area (Å²) in [6.45, 7) is 4.32. The average Bonchev–Trinajstić information content (AvgIpc) is 3.50. The normalized spacial score (nSPS) is 13.2. The molecule has 180 valence electrons. The average molecular weight is 474 g/mol. The van der Waals surface area contributed by atoms with Crippen molar-refractivity contribution in [3.8, 4) is 22.9 Å². The molecule has 0 saturated carbocycles. The van der Waals surface area contributed by atoms with Crippen LogP contribution in [0.5, 0.6) is 17.2 Å². The fourth-order valence-corrected chi connectivity index (χ4v) is 4.45. The lowest BCUT2D eigenvalue weighted by Crippen LogP contribution is -2.20. The maximum atomic E-state index is 12.3. The summed E-state index contributed by atoms with van der Waals surface area (Å²) < 4.78 is 19.1. The van der Waals surface area contributed by atoms with Gasteiger partial charge in [-0.05, 0) is 54.3 Å². The fraction of sp³-hybridized carbons (Fsp3) is 0.296. The summed E-state index contributed by atoms with van der Waals surface area (Å²) in [4.78, 5) is 21.1. The molecular formula is C27H27N3O5. The second-order valence-corrected chi connectivity index (χ2v) is 8.52. The minimum Gasteiger partial charge on any atom is -0.478 e. The molecule has 0 unspecified atom stereocenters. The summed E-state index contributed by atoms with van der Waals surface area (Å²) in [5.41, 5.74) is 5.16. The molecule has 35 heavy (non-hydrogen) atoms. The van der Waals surface area contributed by atoms with E-state index >= 15 is 0 Å². The van der Waals surface area contributed by atoms with Crippen molar-refractivity contribution in [3.05, 3.63) is 71.8 Å². The number of pyridine rings is 1. The van der Waals surface area contributed by atoms with Crippen molar-refractivity contribution in [2.24, 2.45) is 0 Å². The second-order valence-electron chi connectivity index (χ2n) is 8.52. The van der Waals surface area contributed by atoms with Crippen LogP contribution in [-0.2, 0) is 17.6 Å². The summed E-state index contributed by atoms with van der Waals surface area (Å²) in [5.74, 6) is 0.688. The van der Waals surface area contributed by atoms with E-state index in [-0.39, 0.29) is 6.79 Å². The van der Waals surface area contributed by atoms with Gasteiger partial charge in [-0.1, -0.05) is 32.8 Å². The first kappa shape index (κ1) is 22.7. The van der Waals surface area contributed by atoms with Gasteiger partial charge in [0.1, 0.15) is 12.1 Å². The van der Waals surface area contributed by atoms with Crippen molar-refractivity contribution in [2.75, 3.05) is 6.79 Å². The lowest BCUT2D eigenvalue weighted by Gasteiger charge is -2.22. The molecule has 8 nitrogen and oxygen atoms in total. The van der Waals surface area contributed by atoms with E-state index in [9.17, 15) is 9.90 Å². The van der Waals surface area contributed by atoms with Gasteiger partial charge in [0.2, 0.25) is 12.9 Å². The van der Waals surface area contributed by atoms with Gasteiger partial charge in [0.15, 0.2) is 11.5 Å². The second kappa shape index (κ2) is 9.66. The van der Waals surface area contributed by atoms with Gasteiger partial charge < -0.3 is 19.3 Å². The number of imidazole rings is 1. The number of aryl methyl sites for hydroxylation is 2. The Bertz CT molecular complexity index is 1350. The number of rotatable bonds is 9. The molecule has 0 fully saturated rings. The van der Waals surface area contributed by atoms with Crippen molar-refractivity contribution in [1.82, 2.24) is 14.5 Å². The van der Waals surface area contributed by atoms with E-state index in [0.29, 0.717) is 22.8 Å². The van der Waals surface area contributed by atoms with Gasteiger partial charge in [-0.15, -0.1) is 0 Å². The van der Waals surface area contributed by atoms with Crippen LogP contribution in [0, 0.1) is 0 Å². The van der Waals surface area contributed by atoms with Crippen LogP contribution in [0.1, 0.15) is 49.5 Å². The van der Waals surface area contributed by atoms with Gasteiger partial charge in [-0.2, -0.15) is 0 Å². The number of carboxylic acids is 1. The van der Waals surface area contributed by atoms with E-state index < -0.39 is 12.1 Å². The number of hydrogen-bond acceptors (Lipinski definition) is 6.